The summed E-state index contributed by atoms with van der Waals surface area (Å²) < 4.78 is 26.5. The third-order valence-electron chi connectivity index (χ3n) is 5.17. The molecular weight excluding hydrogens is 380 g/mol. The summed E-state index contributed by atoms with van der Waals surface area (Å²) in [7, 11) is -3.08. The minimum atomic E-state index is -3.08. The van der Waals surface area contributed by atoms with Crippen LogP contribution >= 0.6 is 0 Å². The van der Waals surface area contributed by atoms with Gasteiger partial charge in [-0.25, -0.2) is 13.2 Å². The lowest BCUT2D eigenvalue weighted by Gasteiger charge is -2.11. The summed E-state index contributed by atoms with van der Waals surface area (Å²) >= 11 is 0. The van der Waals surface area contributed by atoms with Crippen LogP contribution in [0, 0.1) is 13.8 Å². The molecule has 0 amide bonds. The van der Waals surface area contributed by atoms with Gasteiger partial charge in [0.15, 0.2) is 15.6 Å². The highest BCUT2D eigenvalue weighted by atomic mass is 32.2. The molecule has 3 heterocycles. The molecule has 1 saturated heterocycles. The zero-order chi connectivity index (χ0) is 20.1. The Hall–Kier alpha value is -2.81. The molecule has 4 rings (SSSR count). The molecule has 0 spiro atoms. The van der Waals surface area contributed by atoms with Crippen LogP contribution in [0.25, 0.3) is 11.0 Å². The number of aromatic nitrogens is 4. The minimum Gasteiger partial charge on any atom is -0.292 e. The van der Waals surface area contributed by atoms with Gasteiger partial charge in [0, 0.05) is 5.56 Å². The van der Waals surface area contributed by atoms with Gasteiger partial charge in [-0.1, -0.05) is 23.8 Å². The number of benzene rings is 1. The van der Waals surface area contributed by atoms with Crippen molar-refractivity contribution >= 4 is 26.7 Å². The fraction of sp³-hybridized carbons (Fsp3) is 0.368. The van der Waals surface area contributed by atoms with Crippen molar-refractivity contribution in [2.45, 2.75) is 32.9 Å². The molecule has 1 aromatic carbocycles. The zero-order valence-electron chi connectivity index (χ0n) is 15.6. The summed E-state index contributed by atoms with van der Waals surface area (Å²) in [5, 5.41) is 4.30. The van der Waals surface area contributed by atoms with Crippen LogP contribution in [-0.2, 0) is 16.4 Å². The molecule has 0 radical (unpaired) electrons. The molecule has 1 aliphatic rings. The third-order valence-corrected chi connectivity index (χ3v) is 6.92. The SMILES string of the molecule is Cc1ccc(C(=O)Cn2c(=O)ncc3c2cnn3C2CCS(=O)(=O)C2)c(C)c1. The van der Waals surface area contributed by atoms with Crippen molar-refractivity contribution in [3.63, 3.8) is 0 Å². The Morgan fingerprint density at radius 3 is 2.68 bits per heavy atom. The number of ketones is 1. The fourth-order valence-corrected chi connectivity index (χ4v) is 5.44. The van der Waals surface area contributed by atoms with E-state index in [0.29, 0.717) is 23.0 Å². The quantitative estimate of drug-likeness (QED) is 0.614. The van der Waals surface area contributed by atoms with Crippen LogP contribution in [0.3, 0.4) is 0 Å². The average Bonchev–Trinajstić information content (AvgIpc) is 3.20. The smallest absolute Gasteiger partial charge is 0.292 e. The maximum absolute atomic E-state index is 12.8. The molecule has 0 aliphatic carbocycles. The van der Waals surface area contributed by atoms with E-state index in [9.17, 15) is 18.0 Å². The molecule has 146 valence electrons. The lowest BCUT2D eigenvalue weighted by Crippen LogP contribution is -2.27. The number of rotatable bonds is 4. The summed E-state index contributed by atoms with van der Waals surface area (Å²) in [6.45, 7) is 3.66. The lowest BCUT2D eigenvalue weighted by atomic mass is 10.0. The second-order valence-corrected chi connectivity index (χ2v) is 9.51. The molecule has 1 fully saturated rings. The number of hydrogen-bond acceptors (Lipinski definition) is 6. The van der Waals surface area contributed by atoms with Crippen molar-refractivity contribution < 1.29 is 13.2 Å². The highest BCUT2D eigenvalue weighted by Crippen LogP contribution is 2.26. The first-order chi connectivity index (χ1) is 13.2. The molecular formula is C19H20N4O4S. The van der Waals surface area contributed by atoms with Gasteiger partial charge in [-0.15, -0.1) is 0 Å². The van der Waals surface area contributed by atoms with Gasteiger partial charge in [0.1, 0.15) is 5.52 Å². The molecule has 1 atom stereocenters. The molecule has 8 nitrogen and oxygen atoms in total. The summed E-state index contributed by atoms with van der Waals surface area (Å²) in [6.07, 6.45) is 3.37. The maximum Gasteiger partial charge on any atom is 0.348 e. The highest BCUT2D eigenvalue weighted by Gasteiger charge is 2.31. The van der Waals surface area contributed by atoms with Gasteiger partial charge in [0.25, 0.3) is 0 Å². The molecule has 0 N–H and O–H groups in total. The van der Waals surface area contributed by atoms with Gasteiger partial charge < -0.3 is 0 Å². The first-order valence-electron chi connectivity index (χ1n) is 8.99. The second-order valence-electron chi connectivity index (χ2n) is 7.28. The number of Topliss-reactive ketones (excluding diaryl/α,β-unsaturated/α-hetero) is 1. The van der Waals surface area contributed by atoms with E-state index in [4.69, 9.17) is 0 Å². The van der Waals surface area contributed by atoms with E-state index < -0.39 is 15.5 Å². The first kappa shape index (κ1) is 18.5. The van der Waals surface area contributed by atoms with Crippen molar-refractivity contribution in [2.75, 3.05) is 11.5 Å². The average molecular weight is 400 g/mol. The topological polar surface area (TPSA) is 104 Å². The van der Waals surface area contributed by atoms with Crippen LogP contribution in [0.5, 0.6) is 0 Å². The molecule has 1 unspecified atom stereocenters. The van der Waals surface area contributed by atoms with E-state index in [2.05, 4.69) is 10.1 Å². The number of sulfone groups is 1. The van der Waals surface area contributed by atoms with Crippen LogP contribution in [0.1, 0.15) is 33.9 Å². The Morgan fingerprint density at radius 2 is 2.00 bits per heavy atom. The van der Waals surface area contributed by atoms with E-state index in [1.807, 2.05) is 26.0 Å². The van der Waals surface area contributed by atoms with Gasteiger partial charge in [-0.3, -0.25) is 14.0 Å². The van der Waals surface area contributed by atoms with Crippen molar-refractivity contribution in [1.29, 1.82) is 0 Å². The second kappa shape index (κ2) is 6.66. The van der Waals surface area contributed by atoms with Crippen molar-refractivity contribution in [3.05, 3.63) is 57.8 Å². The Balaban J connectivity index is 1.72. The molecule has 28 heavy (non-hydrogen) atoms. The van der Waals surface area contributed by atoms with E-state index in [-0.39, 0.29) is 29.9 Å². The number of fused-ring (bicyclic) bond motifs is 1. The maximum atomic E-state index is 12.8. The Bertz CT molecular complexity index is 1260. The Kier molecular flexibility index (Phi) is 4.41. The van der Waals surface area contributed by atoms with Crippen molar-refractivity contribution in [1.82, 2.24) is 19.3 Å². The standard InChI is InChI=1S/C19H20N4O4S/c1-12-3-4-15(13(2)7-12)18(24)10-22-16-9-21-23(17(16)8-20-19(22)25)14-5-6-28(26,27)11-14/h3-4,7-9,14H,5-6,10-11H2,1-2H3. The predicted octanol–water partition coefficient (Wildman–Crippen LogP) is 1.45. The van der Waals surface area contributed by atoms with Crippen LogP contribution in [-0.4, -0.2) is 45.0 Å². The number of carbonyl (C=O) groups excluding carboxylic acids is 1. The van der Waals surface area contributed by atoms with Crippen LogP contribution in [0.2, 0.25) is 0 Å². The van der Waals surface area contributed by atoms with Gasteiger partial charge in [0.2, 0.25) is 0 Å². The Labute approximate surface area is 161 Å². The van der Waals surface area contributed by atoms with E-state index in [1.165, 1.54) is 17.0 Å². The van der Waals surface area contributed by atoms with E-state index in [1.54, 1.807) is 10.7 Å². The largest absolute Gasteiger partial charge is 0.348 e. The van der Waals surface area contributed by atoms with Crippen molar-refractivity contribution in [2.24, 2.45) is 0 Å². The van der Waals surface area contributed by atoms with E-state index >= 15 is 0 Å². The molecule has 0 saturated carbocycles. The van der Waals surface area contributed by atoms with E-state index in [0.717, 1.165) is 11.1 Å². The molecule has 9 heteroatoms. The van der Waals surface area contributed by atoms with Crippen molar-refractivity contribution in [3.8, 4) is 0 Å². The Morgan fingerprint density at radius 1 is 1.21 bits per heavy atom. The monoisotopic (exact) mass is 400 g/mol. The summed E-state index contributed by atoms with van der Waals surface area (Å²) in [6, 6.07) is 5.26. The van der Waals surface area contributed by atoms with Crippen LogP contribution in [0.4, 0.5) is 0 Å². The normalized spacial score (nSPS) is 18.6. The fourth-order valence-electron chi connectivity index (χ4n) is 3.75. The molecule has 1 aliphatic heterocycles. The number of nitrogens with zero attached hydrogens (tertiary/aromatic N) is 4. The minimum absolute atomic E-state index is 0.0183. The van der Waals surface area contributed by atoms with Crippen LogP contribution < -0.4 is 5.69 Å². The number of hydrogen-bond donors (Lipinski definition) is 0. The molecule has 2 aromatic heterocycles. The predicted molar refractivity (Wildman–Crippen MR) is 104 cm³/mol. The first-order valence-corrected chi connectivity index (χ1v) is 10.8. The van der Waals surface area contributed by atoms with Gasteiger partial charge in [0.05, 0.1) is 42.0 Å². The summed E-state index contributed by atoms with van der Waals surface area (Å²) in [5.41, 5.74) is 2.96. The third kappa shape index (κ3) is 3.26. The number of carbonyl (C=O) groups is 1. The summed E-state index contributed by atoms with van der Waals surface area (Å²) in [4.78, 5) is 29.0. The van der Waals surface area contributed by atoms with Gasteiger partial charge in [-0.05, 0) is 25.8 Å². The lowest BCUT2D eigenvalue weighted by molar-refractivity contribution is 0.0971. The number of aryl methyl sites for hydroxylation is 2. The van der Waals surface area contributed by atoms with Crippen LogP contribution in [0.15, 0.2) is 35.4 Å². The summed E-state index contributed by atoms with van der Waals surface area (Å²) in [5.74, 6) is -0.0492. The van der Waals surface area contributed by atoms with Gasteiger partial charge >= 0.3 is 5.69 Å². The zero-order valence-corrected chi connectivity index (χ0v) is 16.4. The van der Waals surface area contributed by atoms with Gasteiger partial charge in [-0.2, -0.15) is 10.1 Å². The molecule has 3 aromatic rings. The molecule has 0 bridgehead atoms. The highest BCUT2D eigenvalue weighted by molar-refractivity contribution is 7.91.